The molecule has 0 bridgehead atoms. The molecule has 2 rings (SSSR count). The second-order valence-corrected chi connectivity index (χ2v) is 4.16. The van der Waals surface area contributed by atoms with Crippen molar-refractivity contribution < 1.29 is 24.0 Å². The minimum atomic E-state index is -0.791. The Kier molecular flexibility index (Phi) is 3.50. The van der Waals surface area contributed by atoms with Crippen LogP contribution in [0.5, 0.6) is 5.75 Å². The summed E-state index contributed by atoms with van der Waals surface area (Å²) >= 11 is 0. The second-order valence-electron chi connectivity index (χ2n) is 4.16. The number of nitrogens with zero attached hydrogens (tertiary/aromatic N) is 1. The summed E-state index contributed by atoms with van der Waals surface area (Å²) in [7, 11) is 1.43. The number of ether oxygens (including phenoxy) is 1. The number of amides is 2. The fourth-order valence-corrected chi connectivity index (χ4v) is 1.76. The minimum absolute atomic E-state index is 0.0666. The number of methoxy groups -OCH3 is 1. The molecule has 0 aromatic heterocycles. The highest BCUT2D eigenvalue weighted by Crippen LogP contribution is 2.22. The summed E-state index contributed by atoms with van der Waals surface area (Å²) in [5, 5.41) is 0.516. The molecule has 0 spiro atoms. The largest absolute Gasteiger partial charge is 0.496 e. The smallest absolute Gasteiger partial charge is 0.367 e. The topological polar surface area (TPSA) is 72.9 Å². The lowest BCUT2D eigenvalue weighted by molar-refractivity contribution is -0.172. The van der Waals surface area contributed by atoms with E-state index in [4.69, 9.17) is 9.57 Å². The van der Waals surface area contributed by atoms with Crippen LogP contribution in [0.25, 0.3) is 0 Å². The average molecular weight is 263 g/mol. The van der Waals surface area contributed by atoms with Gasteiger partial charge in [0.05, 0.1) is 7.11 Å². The molecular formula is C13H13NO5. The van der Waals surface area contributed by atoms with Crippen molar-refractivity contribution in [1.29, 1.82) is 0 Å². The van der Waals surface area contributed by atoms with Crippen LogP contribution >= 0.6 is 0 Å². The SMILES string of the molecule is COc1cc(C)ccc1C(=O)ON1C(=O)CCC1=O. The molecule has 6 nitrogen and oxygen atoms in total. The molecule has 100 valence electrons. The van der Waals surface area contributed by atoms with Crippen LogP contribution in [0.2, 0.25) is 0 Å². The summed E-state index contributed by atoms with van der Waals surface area (Å²) in [5.74, 6) is -1.47. The lowest BCUT2D eigenvalue weighted by Crippen LogP contribution is -2.32. The van der Waals surface area contributed by atoms with E-state index >= 15 is 0 Å². The standard InChI is InChI=1S/C13H13NO5/c1-8-3-4-9(10(7-8)18-2)13(17)19-14-11(15)5-6-12(14)16/h3-4,7H,5-6H2,1-2H3. The number of carbonyl (C=O) groups is 3. The van der Waals surface area contributed by atoms with Crippen LogP contribution in [0.15, 0.2) is 18.2 Å². The van der Waals surface area contributed by atoms with E-state index in [2.05, 4.69) is 0 Å². The van der Waals surface area contributed by atoms with Crippen molar-refractivity contribution in [3.05, 3.63) is 29.3 Å². The molecule has 0 unspecified atom stereocenters. The predicted octanol–water partition coefficient (Wildman–Crippen LogP) is 1.22. The Morgan fingerprint density at radius 1 is 1.21 bits per heavy atom. The van der Waals surface area contributed by atoms with Crippen molar-refractivity contribution in [3.63, 3.8) is 0 Å². The van der Waals surface area contributed by atoms with Gasteiger partial charge in [-0.3, -0.25) is 9.59 Å². The number of hydrogen-bond acceptors (Lipinski definition) is 5. The summed E-state index contributed by atoms with van der Waals surface area (Å²) in [6, 6.07) is 4.92. The van der Waals surface area contributed by atoms with Gasteiger partial charge in [0.2, 0.25) is 0 Å². The van der Waals surface area contributed by atoms with Crippen molar-refractivity contribution >= 4 is 17.8 Å². The van der Waals surface area contributed by atoms with Crippen molar-refractivity contribution in [2.75, 3.05) is 7.11 Å². The van der Waals surface area contributed by atoms with E-state index in [1.165, 1.54) is 13.2 Å². The van der Waals surface area contributed by atoms with Gasteiger partial charge < -0.3 is 9.57 Å². The molecule has 1 aromatic rings. The van der Waals surface area contributed by atoms with Crippen LogP contribution in [0.1, 0.15) is 28.8 Å². The Morgan fingerprint density at radius 3 is 2.42 bits per heavy atom. The van der Waals surface area contributed by atoms with E-state index in [0.717, 1.165) is 5.56 Å². The minimum Gasteiger partial charge on any atom is -0.496 e. The van der Waals surface area contributed by atoms with E-state index in [0.29, 0.717) is 10.8 Å². The first kappa shape index (κ1) is 13.1. The third kappa shape index (κ3) is 2.57. The van der Waals surface area contributed by atoms with Crippen LogP contribution in [0.4, 0.5) is 0 Å². The number of hydrogen-bond donors (Lipinski definition) is 0. The van der Waals surface area contributed by atoms with Crippen molar-refractivity contribution in [3.8, 4) is 5.75 Å². The van der Waals surface area contributed by atoms with E-state index in [9.17, 15) is 14.4 Å². The molecule has 1 saturated heterocycles. The molecule has 0 N–H and O–H groups in total. The average Bonchev–Trinajstić information content (AvgIpc) is 2.70. The van der Waals surface area contributed by atoms with E-state index in [-0.39, 0.29) is 18.4 Å². The van der Waals surface area contributed by atoms with Crippen molar-refractivity contribution in [2.45, 2.75) is 19.8 Å². The van der Waals surface area contributed by atoms with Gasteiger partial charge in [0.25, 0.3) is 11.8 Å². The molecule has 1 fully saturated rings. The van der Waals surface area contributed by atoms with E-state index in [1.807, 2.05) is 6.92 Å². The molecule has 2 amide bonds. The van der Waals surface area contributed by atoms with Crippen molar-refractivity contribution in [2.24, 2.45) is 0 Å². The maximum Gasteiger partial charge on any atom is 0.367 e. The highest BCUT2D eigenvalue weighted by molar-refractivity contribution is 6.03. The first-order valence-corrected chi connectivity index (χ1v) is 5.75. The summed E-state index contributed by atoms with van der Waals surface area (Å²) in [5.41, 5.74) is 1.09. The summed E-state index contributed by atoms with van der Waals surface area (Å²) in [6.07, 6.45) is 0.133. The highest BCUT2D eigenvalue weighted by Gasteiger charge is 2.33. The number of benzene rings is 1. The molecule has 1 aliphatic heterocycles. The Hall–Kier alpha value is -2.37. The number of hydroxylamine groups is 2. The number of rotatable bonds is 3. The van der Waals surface area contributed by atoms with Gasteiger partial charge in [-0.25, -0.2) is 4.79 Å². The molecule has 1 aliphatic rings. The fraction of sp³-hybridized carbons (Fsp3) is 0.308. The van der Waals surface area contributed by atoms with Crippen LogP contribution in [0.3, 0.4) is 0 Å². The normalized spacial score (nSPS) is 14.7. The van der Waals surface area contributed by atoms with Crippen LogP contribution in [-0.2, 0) is 14.4 Å². The lowest BCUT2D eigenvalue weighted by Gasteiger charge is -2.14. The van der Waals surface area contributed by atoms with Gasteiger partial charge in [-0.1, -0.05) is 6.07 Å². The Balaban J connectivity index is 2.20. The molecule has 0 radical (unpaired) electrons. The van der Waals surface area contributed by atoms with Gasteiger partial charge >= 0.3 is 5.97 Å². The van der Waals surface area contributed by atoms with Gasteiger partial charge in [-0.15, -0.1) is 5.06 Å². The maximum absolute atomic E-state index is 11.9. The predicted molar refractivity (Wildman–Crippen MR) is 64.2 cm³/mol. The molecule has 0 aliphatic carbocycles. The number of aryl methyl sites for hydroxylation is 1. The summed E-state index contributed by atoms with van der Waals surface area (Å²) in [6.45, 7) is 1.85. The highest BCUT2D eigenvalue weighted by atomic mass is 16.7. The fourth-order valence-electron chi connectivity index (χ4n) is 1.76. The van der Waals surface area contributed by atoms with Gasteiger partial charge in [0, 0.05) is 12.8 Å². The van der Waals surface area contributed by atoms with Gasteiger partial charge in [-0.05, 0) is 24.6 Å². The maximum atomic E-state index is 11.9. The summed E-state index contributed by atoms with van der Waals surface area (Å²) in [4.78, 5) is 39.5. The van der Waals surface area contributed by atoms with Gasteiger partial charge in [0.15, 0.2) is 0 Å². The molecular weight excluding hydrogens is 250 g/mol. The molecule has 1 aromatic carbocycles. The Morgan fingerprint density at radius 2 is 1.84 bits per heavy atom. The molecule has 19 heavy (non-hydrogen) atoms. The monoisotopic (exact) mass is 263 g/mol. The molecule has 6 heteroatoms. The van der Waals surface area contributed by atoms with Gasteiger partial charge in [-0.2, -0.15) is 0 Å². The Labute approximate surface area is 109 Å². The quantitative estimate of drug-likeness (QED) is 0.767. The van der Waals surface area contributed by atoms with Crippen LogP contribution in [-0.4, -0.2) is 30.0 Å². The van der Waals surface area contributed by atoms with E-state index < -0.39 is 17.8 Å². The first-order chi connectivity index (χ1) is 9.02. The number of carbonyl (C=O) groups excluding carboxylic acids is 3. The van der Waals surface area contributed by atoms with Gasteiger partial charge in [0.1, 0.15) is 11.3 Å². The summed E-state index contributed by atoms with van der Waals surface area (Å²) < 4.78 is 5.08. The van der Waals surface area contributed by atoms with Crippen LogP contribution in [0, 0.1) is 6.92 Å². The zero-order valence-electron chi connectivity index (χ0n) is 10.6. The zero-order valence-corrected chi connectivity index (χ0v) is 10.6. The molecule has 1 heterocycles. The van der Waals surface area contributed by atoms with Crippen LogP contribution < -0.4 is 4.74 Å². The third-order valence-corrected chi connectivity index (χ3v) is 2.76. The second kappa shape index (κ2) is 5.09. The Bertz CT molecular complexity index is 536. The number of imide groups is 1. The first-order valence-electron chi connectivity index (χ1n) is 5.75. The van der Waals surface area contributed by atoms with E-state index in [1.54, 1.807) is 12.1 Å². The molecule has 0 atom stereocenters. The van der Waals surface area contributed by atoms with Crippen molar-refractivity contribution in [1.82, 2.24) is 5.06 Å². The lowest BCUT2D eigenvalue weighted by atomic mass is 10.1. The molecule has 0 saturated carbocycles. The third-order valence-electron chi connectivity index (χ3n) is 2.76. The zero-order chi connectivity index (χ0) is 14.0.